The Kier molecular flexibility index (Phi) is 6.75. The molecule has 0 unspecified atom stereocenters. The minimum absolute atomic E-state index is 0.0646. The van der Waals surface area contributed by atoms with Crippen LogP contribution in [0.5, 0.6) is 0 Å². The molecule has 2 amide bonds. The molecule has 3 N–H and O–H groups in total. The summed E-state index contributed by atoms with van der Waals surface area (Å²) in [6.45, 7) is 1.68. The van der Waals surface area contributed by atoms with Crippen LogP contribution in [0.4, 0.5) is 10.8 Å². The van der Waals surface area contributed by atoms with E-state index in [0.717, 1.165) is 5.56 Å². The molecule has 0 aliphatic carbocycles. The van der Waals surface area contributed by atoms with Crippen molar-refractivity contribution in [1.29, 1.82) is 0 Å². The Labute approximate surface area is 177 Å². The van der Waals surface area contributed by atoms with Crippen LogP contribution in [0.25, 0.3) is 0 Å². The number of hydrogen-bond donors (Lipinski definition) is 3. The van der Waals surface area contributed by atoms with Gasteiger partial charge in [0.1, 0.15) is 0 Å². The van der Waals surface area contributed by atoms with E-state index >= 15 is 0 Å². The summed E-state index contributed by atoms with van der Waals surface area (Å²) in [5, 5.41) is 12.5. The highest BCUT2D eigenvalue weighted by atomic mass is 32.2. The van der Waals surface area contributed by atoms with E-state index in [1.54, 1.807) is 12.1 Å². The number of benzene rings is 2. The standard InChI is InChI=1S/C19H19N5O4S2/c1-13(25)21-18-22-23-19(29-18)30(27,28)24-16-10-6-5-9-15(16)17(26)20-12-11-14-7-3-2-4-8-14/h2-10,24H,11-12H2,1H3,(H,20,26)(H,21,22,25). The number of carbonyl (C=O) groups excluding carboxylic acids is 2. The maximum atomic E-state index is 12.6. The zero-order valence-corrected chi connectivity index (χ0v) is 17.6. The van der Waals surface area contributed by atoms with Crippen LogP contribution in [0.3, 0.4) is 0 Å². The molecule has 0 aliphatic heterocycles. The highest BCUT2D eigenvalue weighted by molar-refractivity contribution is 7.94. The Hall–Kier alpha value is -3.31. The molecule has 3 rings (SSSR count). The molecule has 156 valence electrons. The smallest absolute Gasteiger partial charge is 0.291 e. The number of nitrogens with zero attached hydrogens (tertiary/aromatic N) is 2. The van der Waals surface area contributed by atoms with Crippen LogP contribution >= 0.6 is 11.3 Å². The lowest BCUT2D eigenvalue weighted by molar-refractivity contribution is -0.114. The summed E-state index contributed by atoms with van der Waals surface area (Å²) in [6.07, 6.45) is 0.650. The average Bonchev–Trinajstić information content (AvgIpc) is 3.18. The van der Waals surface area contributed by atoms with E-state index in [9.17, 15) is 18.0 Å². The number of hydrogen-bond acceptors (Lipinski definition) is 7. The maximum Gasteiger partial charge on any atom is 0.291 e. The molecule has 0 saturated heterocycles. The van der Waals surface area contributed by atoms with Gasteiger partial charge in [-0.1, -0.05) is 53.8 Å². The van der Waals surface area contributed by atoms with Crippen LogP contribution < -0.4 is 15.4 Å². The topological polar surface area (TPSA) is 130 Å². The van der Waals surface area contributed by atoms with Crippen molar-refractivity contribution >= 4 is 44.0 Å². The number of anilines is 2. The molecule has 0 saturated carbocycles. The van der Waals surface area contributed by atoms with Crippen molar-refractivity contribution in [2.45, 2.75) is 17.7 Å². The lowest BCUT2D eigenvalue weighted by atomic mass is 10.1. The number of sulfonamides is 1. The monoisotopic (exact) mass is 445 g/mol. The van der Waals surface area contributed by atoms with E-state index in [2.05, 4.69) is 25.6 Å². The number of aromatic nitrogens is 2. The third kappa shape index (κ3) is 5.61. The number of para-hydroxylation sites is 1. The Balaban J connectivity index is 1.70. The predicted molar refractivity (Wildman–Crippen MR) is 114 cm³/mol. The fourth-order valence-electron chi connectivity index (χ4n) is 2.54. The quantitative estimate of drug-likeness (QED) is 0.456. The molecule has 2 aromatic carbocycles. The van der Waals surface area contributed by atoms with Gasteiger partial charge in [0.2, 0.25) is 11.0 Å². The summed E-state index contributed by atoms with van der Waals surface area (Å²) in [4.78, 5) is 23.7. The van der Waals surface area contributed by atoms with Gasteiger partial charge in [0.05, 0.1) is 11.3 Å². The first-order chi connectivity index (χ1) is 14.3. The van der Waals surface area contributed by atoms with Gasteiger partial charge in [-0.25, -0.2) is 0 Å². The van der Waals surface area contributed by atoms with Crippen LogP contribution in [-0.4, -0.2) is 37.0 Å². The van der Waals surface area contributed by atoms with E-state index in [1.807, 2.05) is 30.3 Å². The lowest BCUT2D eigenvalue weighted by Crippen LogP contribution is -2.27. The third-order valence-electron chi connectivity index (χ3n) is 3.88. The molecule has 0 spiro atoms. The van der Waals surface area contributed by atoms with Crippen molar-refractivity contribution in [3.05, 3.63) is 65.7 Å². The SMILES string of the molecule is CC(=O)Nc1nnc(S(=O)(=O)Nc2ccccc2C(=O)NCCc2ccccc2)s1. The van der Waals surface area contributed by atoms with Crippen molar-refractivity contribution in [2.75, 3.05) is 16.6 Å². The van der Waals surface area contributed by atoms with Crippen molar-refractivity contribution in [3.8, 4) is 0 Å². The Morgan fingerprint density at radius 3 is 2.43 bits per heavy atom. The molecule has 0 aliphatic rings. The van der Waals surface area contributed by atoms with E-state index < -0.39 is 15.9 Å². The molecule has 0 bridgehead atoms. The third-order valence-corrected chi connectivity index (χ3v) is 6.45. The van der Waals surface area contributed by atoms with Gasteiger partial charge < -0.3 is 10.6 Å². The number of amides is 2. The van der Waals surface area contributed by atoms with Gasteiger partial charge in [-0.3, -0.25) is 14.3 Å². The number of carbonyl (C=O) groups is 2. The highest BCUT2D eigenvalue weighted by Gasteiger charge is 2.23. The first kappa shape index (κ1) is 21.4. The second-order valence-electron chi connectivity index (χ2n) is 6.20. The Bertz CT molecular complexity index is 1150. The van der Waals surface area contributed by atoms with Gasteiger partial charge in [0, 0.05) is 13.5 Å². The summed E-state index contributed by atoms with van der Waals surface area (Å²) in [5.74, 6) is -0.791. The van der Waals surface area contributed by atoms with Crippen molar-refractivity contribution in [2.24, 2.45) is 0 Å². The van der Waals surface area contributed by atoms with Crippen molar-refractivity contribution in [3.63, 3.8) is 0 Å². The van der Waals surface area contributed by atoms with Gasteiger partial charge in [0.25, 0.3) is 20.3 Å². The van der Waals surface area contributed by atoms with E-state index in [1.165, 1.54) is 19.1 Å². The summed E-state index contributed by atoms with van der Waals surface area (Å²) < 4.78 is 27.3. The lowest BCUT2D eigenvalue weighted by Gasteiger charge is -2.11. The fourth-order valence-corrected chi connectivity index (χ4v) is 4.57. The summed E-state index contributed by atoms with van der Waals surface area (Å²) >= 11 is 0.708. The van der Waals surface area contributed by atoms with E-state index in [0.29, 0.717) is 24.3 Å². The molecule has 1 heterocycles. The molecular formula is C19H19N5O4S2. The molecule has 30 heavy (non-hydrogen) atoms. The summed E-state index contributed by atoms with van der Waals surface area (Å²) in [6, 6.07) is 16.0. The van der Waals surface area contributed by atoms with Crippen LogP contribution in [0, 0.1) is 0 Å². The van der Waals surface area contributed by atoms with Gasteiger partial charge >= 0.3 is 0 Å². The van der Waals surface area contributed by atoms with Crippen LogP contribution in [-0.2, 0) is 21.2 Å². The Morgan fingerprint density at radius 1 is 1.00 bits per heavy atom. The zero-order valence-electron chi connectivity index (χ0n) is 16.0. The molecule has 0 atom stereocenters. The first-order valence-electron chi connectivity index (χ1n) is 8.90. The van der Waals surface area contributed by atoms with Crippen LogP contribution in [0.1, 0.15) is 22.8 Å². The molecule has 9 nitrogen and oxygen atoms in total. The number of nitrogens with one attached hydrogen (secondary N) is 3. The molecule has 0 radical (unpaired) electrons. The normalized spacial score (nSPS) is 11.0. The van der Waals surface area contributed by atoms with Crippen LogP contribution in [0.2, 0.25) is 0 Å². The van der Waals surface area contributed by atoms with Gasteiger partial charge in [-0.15, -0.1) is 10.2 Å². The molecule has 0 fully saturated rings. The van der Waals surface area contributed by atoms with Crippen molar-refractivity contribution in [1.82, 2.24) is 15.5 Å². The average molecular weight is 446 g/mol. The first-order valence-corrected chi connectivity index (χ1v) is 11.2. The molecule has 11 heteroatoms. The van der Waals surface area contributed by atoms with Gasteiger partial charge in [-0.05, 0) is 24.1 Å². The van der Waals surface area contributed by atoms with Crippen LogP contribution in [0.15, 0.2) is 58.9 Å². The minimum atomic E-state index is -4.08. The van der Waals surface area contributed by atoms with E-state index in [-0.39, 0.29) is 26.6 Å². The fraction of sp³-hybridized carbons (Fsp3) is 0.158. The highest BCUT2D eigenvalue weighted by Crippen LogP contribution is 2.24. The Morgan fingerprint density at radius 2 is 1.70 bits per heavy atom. The largest absolute Gasteiger partial charge is 0.352 e. The predicted octanol–water partition coefficient (Wildman–Crippen LogP) is 2.27. The second-order valence-corrected chi connectivity index (χ2v) is 9.03. The second kappa shape index (κ2) is 9.46. The molecule has 3 aromatic rings. The summed E-state index contributed by atoms with van der Waals surface area (Å²) in [5.41, 5.74) is 1.38. The van der Waals surface area contributed by atoms with Crippen molar-refractivity contribution < 1.29 is 18.0 Å². The zero-order chi connectivity index (χ0) is 21.6. The summed E-state index contributed by atoms with van der Waals surface area (Å²) in [7, 11) is -4.08. The van der Waals surface area contributed by atoms with Gasteiger partial charge in [0.15, 0.2) is 0 Å². The van der Waals surface area contributed by atoms with E-state index in [4.69, 9.17) is 0 Å². The van der Waals surface area contributed by atoms with Gasteiger partial charge in [-0.2, -0.15) is 8.42 Å². The molecular weight excluding hydrogens is 426 g/mol. The maximum absolute atomic E-state index is 12.6. The molecule has 1 aromatic heterocycles. The minimum Gasteiger partial charge on any atom is -0.352 e. The number of rotatable bonds is 8.